The van der Waals surface area contributed by atoms with Crippen LogP contribution in [0, 0.1) is 6.92 Å². The minimum atomic E-state index is -0.241. The van der Waals surface area contributed by atoms with Gasteiger partial charge in [-0.2, -0.15) is 0 Å². The maximum absolute atomic E-state index is 12.2. The third-order valence-electron chi connectivity index (χ3n) is 2.66. The highest BCUT2D eigenvalue weighted by Crippen LogP contribution is 2.20. The van der Waals surface area contributed by atoms with Gasteiger partial charge in [-0.15, -0.1) is 0 Å². The number of hydrazine groups is 1. The molecule has 1 amide bonds. The first kappa shape index (κ1) is 13.4. The van der Waals surface area contributed by atoms with Crippen molar-refractivity contribution in [3.8, 4) is 0 Å². The van der Waals surface area contributed by atoms with E-state index < -0.39 is 0 Å². The highest BCUT2D eigenvalue weighted by molar-refractivity contribution is 6.31. The number of anilines is 2. The number of nitrogens with one attached hydrogen (secondary N) is 2. The summed E-state index contributed by atoms with van der Waals surface area (Å²) in [7, 11) is 0. The van der Waals surface area contributed by atoms with Crippen LogP contribution in [-0.4, -0.2) is 5.91 Å². The SMILES string of the molecule is Cc1ccc(C(=O)Nc2cccc(Cl)c2)c(NN)c1. The summed E-state index contributed by atoms with van der Waals surface area (Å²) in [6.45, 7) is 1.93. The van der Waals surface area contributed by atoms with Crippen molar-refractivity contribution in [2.24, 2.45) is 5.84 Å². The highest BCUT2D eigenvalue weighted by Gasteiger charge is 2.11. The summed E-state index contributed by atoms with van der Waals surface area (Å²) >= 11 is 5.87. The molecule has 4 N–H and O–H groups in total. The quantitative estimate of drug-likeness (QED) is 0.595. The lowest BCUT2D eigenvalue weighted by atomic mass is 10.1. The highest BCUT2D eigenvalue weighted by atomic mass is 35.5. The van der Waals surface area contributed by atoms with Crippen LogP contribution < -0.4 is 16.6 Å². The zero-order valence-electron chi connectivity index (χ0n) is 10.4. The van der Waals surface area contributed by atoms with Gasteiger partial charge in [-0.1, -0.05) is 23.7 Å². The average molecular weight is 276 g/mol. The van der Waals surface area contributed by atoms with Gasteiger partial charge in [0.2, 0.25) is 0 Å². The maximum Gasteiger partial charge on any atom is 0.257 e. The van der Waals surface area contributed by atoms with Crippen LogP contribution in [0.3, 0.4) is 0 Å². The zero-order chi connectivity index (χ0) is 13.8. The topological polar surface area (TPSA) is 67.2 Å². The Balaban J connectivity index is 2.25. The second-order valence-corrected chi connectivity index (χ2v) is 4.59. The normalized spacial score (nSPS) is 10.1. The van der Waals surface area contributed by atoms with Gasteiger partial charge >= 0.3 is 0 Å². The minimum Gasteiger partial charge on any atom is -0.323 e. The Kier molecular flexibility index (Phi) is 4.04. The molecule has 0 bridgehead atoms. The molecule has 0 aliphatic carbocycles. The fraction of sp³-hybridized carbons (Fsp3) is 0.0714. The van der Waals surface area contributed by atoms with Crippen molar-refractivity contribution in [3.63, 3.8) is 0 Å². The summed E-state index contributed by atoms with van der Waals surface area (Å²) < 4.78 is 0. The molecule has 2 aromatic carbocycles. The Hall–Kier alpha value is -2.04. The largest absolute Gasteiger partial charge is 0.323 e. The van der Waals surface area contributed by atoms with Crippen molar-refractivity contribution in [1.29, 1.82) is 0 Å². The number of carbonyl (C=O) groups is 1. The van der Waals surface area contributed by atoms with Gasteiger partial charge in [-0.25, -0.2) is 0 Å². The Morgan fingerprint density at radius 3 is 2.68 bits per heavy atom. The summed E-state index contributed by atoms with van der Waals surface area (Å²) in [5.41, 5.74) is 5.25. The number of carbonyl (C=O) groups excluding carboxylic acids is 1. The van der Waals surface area contributed by atoms with Crippen molar-refractivity contribution in [2.45, 2.75) is 6.92 Å². The lowest BCUT2D eigenvalue weighted by Gasteiger charge is -2.10. The fourth-order valence-electron chi connectivity index (χ4n) is 1.74. The number of benzene rings is 2. The molecule has 98 valence electrons. The van der Waals surface area contributed by atoms with Gasteiger partial charge in [-0.3, -0.25) is 10.6 Å². The van der Waals surface area contributed by atoms with E-state index in [4.69, 9.17) is 17.4 Å². The molecule has 0 atom stereocenters. The van der Waals surface area contributed by atoms with Gasteiger partial charge in [0, 0.05) is 10.7 Å². The summed E-state index contributed by atoms with van der Waals surface area (Å²) in [6.07, 6.45) is 0. The Morgan fingerprint density at radius 2 is 2.00 bits per heavy atom. The second kappa shape index (κ2) is 5.73. The number of amides is 1. The van der Waals surface area contributed by atoms with Crippen LogP contribution in [0.25, 0.3) is 0 Å². The predicted molar refractivity (Wildman–Crippen MR) is 78.4 cm³/mol. The second-order valence-electron chi connectivity index (χ2n) is 4.16. The number of hydrogen-bond donors (Lipinski definition) is 3. The molecule has 0 aliphatic rings. The molecular formula is C14H14ClN3O. The predicted octanol–water partition coefficient (Wildman–Crippen LogP) is 3.19. The van der Waals surface area contributed by atoms with Crippen LogP contribution >= 0.6 is 11.6 Å². The van der Waals surface area contributed by atoms with Crippen molar-refractivity contribution in [2.75, 3.05) is 10.7 Å². The molecule has 0 radical (unpaired) electrons. The number of rotatable bonds is 3. The molecule has 19 heavy (non-hydrogen) atoms. The molecule has 2 aromatic rings. The summed E-state index contributed by atoms with van der Waals surface area (Å²) in [4.78, 5) is 12.2. The molecule has 0 heterocycles. The number of aryl methyl sites for hydroxylation is 1. The van der Waals surface area contributed by atoms with Gasteiger partial charge in [0.15, 0.2) is 0 Å². The maximum atomic E-state index is 12.2. The van der Waals surface area contributed by atoms with Crippen molar-refractivity contribution < 1.29 is 4.79 Å². The number of hydrogen-bond acceptors (Lipinski definition) is 3. The molecule has 2 rings (SSSR count). The van der Waals surface area contributed by atoms with E-state index in [9.17, 15) is 4.79 Å². The third kappa shape index (κ3) is 3.24. The van der Waals surface area contributed by atoms with E-state index in [0.29, 0.717) is 22.0 Å². The van der Waals surface area contributed by atoms with Crippen LogP contribution in [0.2, 0.25) is 5.02 Å². The van der Waals surface area contributed by atoms with E-state index in [1.54, 1.807) is 30.3 Å². The Morgan fingerprint density at radius 1 is 1.21 bits per heavy atom. The minimum absolute atomic E-state index is 0.241. The molecule has 0 saturated heterocycles. The van der Waals surface area contributed by atoms with Crippen LogP contribution in [0.4, 0.5) is 11.4 Å². The molecule has 0 unspecified atom stereocenters. The lowest BCUT2D eigenvalue weighted by Crippen LogP contribution is -2.17. The Bertz CT molecular complexity index is 613. The van der Waals surface area contributed by atoms with Crippen LogP contribution in [0.5, 0.6) is 0 Å². The zero-order valence-corrected chi connectivity index (χ0v) is 11.2. The van der Waals surface area contributed by atoms with Crippen molar-refractivity contribution in [3.05, 3.63) is 58.6 Å². The van der Waals surface area contributed by atoms with E-state index in [1.165, 1.54) is 0 Å². The van der Waals surface area contributed by atoms with Gasteiger partial charge in [0.25, 0.3) is 5.91 Å². The summed E-state index contributed by atoms with van der Waals surface area (Å²) in [6, 6.07) is 12.4. The van der Waals surface area contributed by atoms with Crippen LogP contribution in [-0.2, 0) is 0 Å². The van der Waals surface area contributed by atoms with Crippen molar-refractivity contribution >= 4 is 28.9 Å². The fourth-order valence-corrected chi connectivity index (χ4v) is 1.93. The summed E-state index contributed by atoms with van der Waals surface area (Å²) in [5.74, 6) is 5.18. The van der Waals surface area contributed by atoms with Crippen molar-refractivity contribution in [1.82, 2.24) is 0 Å². The van der Waals surface area contributed by atoms with Crippen LogP contribution in [0.15, 0.2) is 42.5 Å². The number of nitrogen functional groups attached to an aromatic ring is 1. The van der Waals surface area contributed by atoms with E-state index >= 15 is 0 Å². The van der Waals surface area contributed by atoms with Gasteiger partial charge in [-0.05, 0) is 42.8 Å². The molecule has 5 heteroatoms. The third-order valence-corrected chi connectivity index (χ3v) is 2.89. The van der Waals surface area contributed by atoms with Gasteiger partial charge < -0.3 is 10.7 Å². The number of halogens is 1. The first-order valence-corrected chi connectivity index (χ1v) is 6.12. The number of nitrogens with two attached hydrogens (primary N) is 1. The smallest absolute Gasteiger partial charge is 0.257 e. The van der Waals surface area contributed by atoms with Gasteiger partial charge in [0.1, 0.15) is 0 Å². The molecule has 4 nitrogen and oxygen atoms in total. The monoisotopic (exact) mass is 275 g/mol. The van der Waals surface area contributed by atoms with Gasteiger partial charge in [0.05, 0.1) is 11.3 Å². The molecule has 0 saturated carbocycles. The molecule has 0 spiro atoms. The van der Waals surface area contributed by atoms with E-state index in [-0.39, 0.29) is 5.91 Å². The standard InChI is InChI=1S/C14H14ClN3O/c1-9-5-6-12(13(7-9)18-16)14(19)17-11-4-2-3-10(15)8-11/h2-8,18H,16H2,1H3,(H,17,19). The van der Waals surface area contributed by atoms with E-state index in [0.717, 1.165) is 5.56 Å². The molecule has 0 aliphatic heterocycles. The first-order chi connectivity index (χ1) is 9.10. The molecular weight excluding hydrogens is 262 g/mol. The van der Waals surface area contributed by atoms with E-state index in [2.05, 4.69) is 10.7 Å². The first-order valence-electron chi connectivity index (χ1n) is 5.74. The Labute approximate surface area is 116 Å². The lowest BCUT2D eigenvalue weighted by molar-refractivity contribution is 0.102. The molecule has 0 aromatic heterocycles. The summed E-state index contributed by atoms with van der Waals surface area (Å²) in [5, 5.41) is 3.34. The molecule has 0 fully saturated rings. The van der Waals surface area contributed by atoms with Crippen LogP contribution in [0.1, 0.15) is 15.9 Å². The average Bonchev–Trinajstić information content (AvgIpc) is 2.38. The van der Waals surface area contributed by atoms with E-state index in [1.807, 2.05) is 19.1 Å².